The van der Waals surface area contributed by atoms with Gasteiger partial charge in [-0.3, -0.25) is 0 Å². The van der Waals surface area contributed by atoms with Crippen LogP contribution in [0.25, 0.3) is 0 Å². The minimum Gasteiger partial charge on any atom is -0.357 e. The van der Waals surface area contributed by atoms with E-state index in [1.807, 2.05) is 32.2 Å². The van der Waals surface area contributed by atoms with Gasteiger partial charge in [-0.25, -0.2) is 9.97 Å². The number of anilines is 1. The second-order valence-electron chi connectivity index (χ2n) is 3.48. The fourth-order valence-corrected chi connectivity index (χ4v) is 2.47. The van der Waals surface area contributed by atoms with E-state index in [1.165, 1.54) is 0 Å². The van der Waals surface area contributed by atoms with Crippen LogP contribution in [0.15, 0.2) is 44.7 Å². The summed E-state index contributed by atoms with van der Waals surface area (Å²) in [6.45, 7) is 1.97. The molecule has 0 amide bonds. The van der Waals surface area contributed by atoms with Crippen molar-refractivity contribution < 1.29 is 0 Å². The maximum Gasteiger partial charge on any atom is 0.223 e. The summed E-state index contributed by atoms with van der Waals surface area (Å²) in [5, 5.41) is 3.91. The van der Waals surface area contributed by atoms with Crippen LogP contribution in [0.3, 0.4) is 0 Å². The summed E-state index contributed by atoms with van der Waals surface area (Å²) in [4.78, 5) is 9.82. The molecule has 17 heavy (non-hydrogen) atoms. The Hall–Kier alpha value is -1.07. The summed E-state index contributed by atoms with van der Waals surface area (Å²) in [5.41, 5.74) is 0.962. The van der Waals surface area contributed by atoms with Crippen LogP contribution in [0.1, 0.15) is 5.69 Å². The topological polar surface area (TPSA) is 37.8 Å². The number of benzene rings is 1. The number of nitrogens with one attached hydrogen (secondary N) is 1. The number of nitrogens with zero attached hydrogens (tertiary/aromatic N) is 2. The third-order valence-electron chi connectivity index (χ3n) is 2.09. The monoisotopic (exact) mass is 309 g/mol. The maximum absolute atomic E-state index is 4.40. The molecule has 0 aliphatic rings. The molecule has 0 saturated carbocycles. The number of hydrogen-bond acceptors (Lipinski definition) is 4. The van der Waals surface area contributed by atoms with Crippen LogP contribution in [0, 0.1) is 6.92 Å². The summed E-state index contributed by atoms with van der Waals surface area (Å²) in [5.74, 6) is 0.657. The van der Waals surface area contributed by atoms with Gasteiger partial charge in [-0.05, 0) is 37.3 Å². The van der Waals surface area contributed by atoms with Gasteiger partial charge in [-0.2, -0.15) is 0 Å². The number of halogens is 1. The van der Waals surface area contributed by atoms with Crippen molar-refractivity contribution in [1.82, 2.24) is 9.97 Å². The van der Waals surface area contributed by atoms with Gasteiger partial charge in [-0.15, -0.1) is 0 Å². The van der Waals surface area contributed by atoms with Crippen molar-refractivity contribution in [3.05, 3.63) is 40.5 Å². The Morgan fingerprint density at radius 3 is 2.53 bits per heavy atom. The minimum absolute atomic E-state index is 0.657. The van der Waals surface area contributed by atoms with E-state index in [1.54, 1.807) is 11.8 Å². The molecule has 2 aromatic rings. The highest BCUT2D eigenvalue weighted by Crippen LogP contribution is 2.28. The first-order valence-electron chi connectivity index (χ1n) is 5.14. The van der Waals surface area contributed by atoms with Crippen LogP contribution in [-0.4, -0.2) is 17.0 Å². The van der Waals surface area contributed by atoms with E-state index in [9.17, 15) is 0 Å². The Balaban J connectivity index is 2.23. The van der Waals surface area contributed by atoms with Crippen LogP contribution in [0.4, 0.5) is 5.95 Å². The highest BCUT2D eigenvalue weighted by atomic mass is 79.9. The Bertz CT molecular complexity index is 514. The Morgan fingerprint density at radius 1 is 1.18 bits per heavy atom. The van der Waals surface area contributed by atoms with Crippen molar-refractivity contribution >= 4 is 33.6 Å². The molecule has 5 heteroatoms. The molecule has 3 nitrogen and oxygen atoms in total. The largest absolute Gasteiger partial charge is 0.357 e. The van der Waals surface area contributed by atoms with Gasteiger partial charge in [0.15, 0.2) is 0 Å². The van der Waals surface area contributed by atoms with E-state index in [0.29, 0.717) is 5.95 Å². The molecule has 0 aliphatic carbocycles. The van der Waals surface area contributed by atoms with E-state index in [4.69, 9.17) is 0 Å². The molecule has 0 atom stereocenters. The molecular formula is C12H12BrN3S. The predicted molar refractivity (Wildman–Crippen MR) is 74.6 cm³/mol. The molecule has 0 unspecified atom stereocenters. The van der Waals surface area contributed by atoms with Crippen LogP contribution >= 0.6 is 27.7 Å². The Labute approximate surface area is 113 Å². The van der Waals surface area contributed by atoms with Gasteiger partial charge in [0, 0.05) is 22.1 Å². The van der Waals surface area contributed by atoms with Crippen molar-refractivity contribution in [1.29, 1.82) is 0 Å². The van der Waals surface area contributed by atoms with Crippen molar-refractivity contribution in [2.24, 2.45) is 0 Å². The standard InChI is InChI=1S/C12H12BrN3S/c1-8-7-11(16-12(14-2)15-8)17-10-5-3-9(13)4-6-10/h3-7H,1-2H3,(H,14,15,16). The highest BCUT2D eigenvalue weighted by molar-refractivity contribution is 9.10. The van der Waals surface area contributed by atoms with Crippen molar-refractivity contribution in [3.8, 4) is 0 Å². The molecular weight excluding hydrogens is 298 g/mol. The lowest BCUT2D eigenvalue weighted by atomic mass is 10.4. The zero-order valence-corrected chi connectivity index (χ0v) is 12.0. The van der Waals surface area contributed by atoms with Gasteiger partial charge in [0.05, 0.1) is 0 Å². The van der Waals surface area contributed by atoms with Crippen LogP contribution in [0.2, 0.25) is 0 Å². The lowest BCUT2D eigenvalue weighted by molar-refractivity contribution is 1.01. The molecule has 0 aliphatic heterocycles. The average Bonchev–Trinajstić information content (AvgIpc) is 2.31. The molecule has 2 rings (SSSR count). The molecule has 0 bridgehead atoms. The fourth-order valence-electron chi connectivity index (χ4n) is 1.33. The Kier molecular flexibility index (Phi) is 4.02. The van der Waals surface area contributed by atoms with Crippen LogP contribution < -0.4 is 5.32 Å². The molecule has 1 aromatic carbocycles. The minimum atomic E-state index is 0.657. The van der Waals surface area contributed by atoms with Crippen molar-refractivity contribution in [2.75, 3.05) is 12.4 Å². The number of rotatable bonds is 3. The summed E-state index contributed by atoms with van der Waals surface area (Å²) in [6.07, 6.45) is 0. The lowest BCUT2D eigenvalue weighted by Gasteiger charge is -2.05. The molecule has 88 valence electrons. The highest BCUT2D eigenvalue weighted by Gasteiger charge is 2.03. The predicted octanol–water partition coefficient (Wildman–Crippen LogP) is 3.74. The third-order valence-corrected chi connectivity index (χ3v) is 3.55. The van der Waals surface area contributed by atoms with Gasteiger partial charge >= 0.3 is 0 Å². The SMILES string of the molecule is CNc1nc(C)cc(Sc2ccc(Br)cc2)n1. The van der Waals surface area contributed by atoms with Gasteiger partial charge < -0.3 is 5.32 Å². The van der Waals surface area contributed by atoms with Gasteiger partial charge in [0.2, 0.25) is 5.95 Å². The second kappa shape index (κ2) is 5.51. The lowest BCUT2D eigenvalue weighted by Crippen LogP contribution is -1.98. The zero-order chi connectivity index (χ0) is 12.3. The summed E-state index contributed by atoms with van der Waals surface area (Å²) in [6, 6.07) is 10.1. The third kappa shape index (κ3) is 3.44. The summed E-state index contributed by atoms with van der Waals surface area (Å²) in [7, 11) is 1.82. The average molecular weight is 310 g/mol. The van der Waals surface area contributed by atoms with Crippen molar-refractivity contribution in [3.63, 3.8) is 0 Å². The second-order valence-corrected chi connectivity index (χ2v) is 5.49. The van der Waals surface area contributed by atoms with E-state index >= 15 is 0 Å². The summed E-state index contributed by atoms with van der Waals surface area (Å²) < 4.78 is 1.08. The molecule has 0 radical (unpaired) electrons. The zero-order valence-electron chi connectivity index (χ0n) is 9.57. The smallest absolute Gasteiger partial charge is 0.223 e. The number of aryl methyl sites for hydroxylation is 1. The Morgan fingerprint density at radius 2 is 1.88 bits per heavy atom. The van der Waals surface area contributed by atoms with Gasteiger partial charge in [0.1, 0.15) is 5.03 Å². The van der Waals surface area contributed by atoms with Crippen LogP contribution in [-0.2, 0) is 0 Å². The summed E-state index contributed by atoms with van der Waals surface area (Å²) >= 11 is 5.05. The normalized spacial score (nSPS) is 10.3. The quantitative estimate of drug-likeness (QED) is 0.877. The fraction of sp³-hybridized carbons (Fsp3) is 0.167. The molecule has 1 N–H and O–H groups in total. The van der Waals surface area contributed by atoms with E-state index in [-0.39, 0.29) is 0 Å². The van der Waals surface area contributed by atoms with Gasteiger partial charge in [-0.1, -0.05) is 27.7 Å². The molecule has 0 saturated heterocycles. The molecule has 0 spiro atoms. The molecule has 0 fully saturated rings. The first-order chi connectivity index (χ1) is 8.17. The van der Waals surface area contributed by atoms with Crippen molar-refractivity contribution in [2.45, 2.75) is 16.8 Å². The maximum atomic E-state index is 4.40. The number of aromatic nitrogens is 2. The first kappa shape index (κ1) is 12.4. The van der Waals surface area contributed by atoms with Crippen LogP contribution in [0.5, 0.6) is 0 Å². The molecule has 1 heterocycles. The first-order valence-corrected chi connectivity index (χ1v) is 6.75. The van der Waals surface area contributed by atoms with E-state index in [2.05, 4.69) is 43.3 Å². The van der Waals surface area contributed by atoms with Gasteiger partial charge in [0.25, 0.3) is 0 Å². The van der Waals surface area contributed by atoms with E-state index in [0.717, 1.165) is 20.1 Å². The molecule has 1 aromatic heterocycles. The number of hydrogen-bond donors (Lipinski definition) is 1. The van der Waals surface area contributed by atoms with E-state index < -0.39 is 0 Å².